The van der Waals surface area contributed by atoms with Crippen LogP contribution in [-0.4, -0.2) is 34.2 Å². The SMILES string of the molecule is Nc1ccccc1NC(=O)N[C@@H](CC(=O)O)C(=O)O. The normalized spacial score (nSPS) is 11.4. The number of benzene rings is 1. The molecule has 0 unspecified atom stereocenters. The molecule has 1 aromatic carbocycles. The van der Waals surface area contributed by atoms with Gasteiger partial charge in [-0.2, -0.15) is 0 Å². The van der Waals surface area contributed by atoms with Crippen LogP contribution in [0.25, 0.3) is 0 Å². The second-order valence-corrected chi connectivity index (χ2v) is 3.67. The summed E-state index contributed by atoms with van der Waals surface area (Å²) in [6.07, 6.45) is -0.715. The Balaban J connectivity index is 2.65. The number of nitrogens with two attached hydrogens (primary N) is 1. The van der Waals surface area contributed by atoms with Crippen LogP contribution in [0, 0.1) is 0 Å². The number of aliphatic carboxylic acids is 2. The fraction of sp³-hybridized carbons (Fsp3) is 0.182. The van der Waals surface area contributed by atoms with Gasteiger partial charge in [0.05, 0.1) is 17.8 Å². The number of carboxylic acid groups (broad SMARTS) is 2. The van der Waals surface area contributed by atoms with Crippen LogP contribution < -0.4 is 16.4 Å². The molecule has 2 amide bonds. The first-order chi connectivity index (χ1) is 8.90. The first-order valence-corrected chi connectivity index (χ1v) is 5.26. The molecule has 0 fully saturated rings. The van der Waals surface area contributed by atoms with E-state index >= 15 is 0 Å². The summed E-state index contributed by atoms with van der Waals surface area (Å²) in [7, 11) is 0. The number of hydrogen-bond acceptors (Lipinski definition) is 4. The van der Waals surface area contributed by atoms with Crippen LogP contribution in [-0.2, 0) is 9.59 Å². The van der Waals surface area contributed by atoms with Gasteiger partial charge in [-0.1, -0.05) is 12.1 Å². The predicted molar refractivity (Wildman–Crippen MR) is 66.7 cm³/mol. The Labute approximate surface area is 108 Å². The minimum Gasteiger partial charge on any atom is -0.481 e. The van der Waals surface area contributed by atoms with E-state index in [2.05, 4.69) is 5.32 Å². The monoisotopic (exact) mass is 267 g/mol. The van der Waals surface area contributed by atoms with E-state index in [0.717, 1.165) is 0 Å². The van der Waals surface area contributed by atoms with Crippen LogP contribution >= 0.6 is 0 Å². The molecule has 8 heteroatoms. The number of carbonyl (C=O) groups excluding carboxylic acids is 1. The maximum absolute atomic E-state index is 11.5. The summed E-state index contributed by atoms with van der Waals surface area (Å²) in [5.41, 5.74) is 6.20. The minimum absolute atomic E-state index is 0.305. The Morgan fingerprint density at radius 2 is 1.84 bits per heavy atom. The van der Waals surface area contributed by atoms with E-state index in [1.807, 2.05) is 5.32 Å². The number of para-hydroxylation sites is 2. The molecule has 8 nitrogen and oxygen atoms in total. The van der Waals surface area contributed by atoms with Gasteiger partial charge < -0.3 is 26.6 Å². The van der Waals surface area contributed by atoms with Gasteiger partial charge in [-0.25, -0.2) is 9.59 Å². The maximum atomic E-state index is 11.5. The number of urea groups is 1. The third kappa shape index (κ3) is 4.54. The third-order valence-corrected chi connectivity index (χ3v) is 2.19. The van der Waals surface area contributed by atoms with Crippen molar-refractivity contribution in [3.8, 4) is 0 Å². The van der Waals surface area contributed by atoms with E-state index < -0.39 is 30.4 Å². The summed E-state index contributed by atoms with van der Waals surface area (Å²) >= 11 is 0. The highest BCUT2D eigenvalue weighted by Gasteiger charge is 2.23. The molecule has 102 valence electrons. The molecule has 0 saturated heterocycles. The largest absolute Gasteiger partial charge is 0.481 e. The summed E-state index contributed by atoms with van der Waals surface area (Å²) in [4.78, 5) is 32.7. The van der Waals surface area contributed by atoms with Crippen LogP contribution in [0.1, 0.15) is 6.42 Å². The van der Waals surface area contributed by atoms with Crippen molar-refractivity contribution in [3.05, 3.63) is 24.3 Å². The van der Waals surface area contributed by atoms with Gasteiger partial charge >= 0.3 is 18.0 Å². The summed E-state index contributed by atoms with van der Waals surface area (Å²) < 4.78 is 0. The first kappa shape index (κ1) is 14.3. The van der Waals surface area contributed by atoms with E-state index in [1.165, 1.54) is 6.07 Å². The highest BCUT2D eigenvalue weighted by molar-refractivity contribution is 5.95. The van der Waals surface area contributed by atoms with Crippen molar-refractivity contribution < 1.29 is 24.6 Å². The first-order valence-electron chi connectivity index (χ1n) is 5.26. The molecule has 1 rings (SSSR count). The molecule has 0 bridgehead atoms. The van der Waals surface area contributed by atoms with E-state index in [-0.39, 0.29) is 0 Å². The highest BCUT2D eigenvalue weighted by atomic mass is 16.4. The fourth-order valence-electron chi connectivity index (χ4n) is 1.30. The van der Waals surface area contributed by atoms with Crippen molar-refractivity contribution in [1.82, 2.24) is 5.32 Å². The average molecular weight is 267 g/mol. The van der Waals surface area contributed by atoms with Crippen molar-refractivity contribution in [2.24, 2.45) is 0 Å². The lowest BCUT2D eigenvalue weighted by molar-refractivity contribution is -0.145. The number of carbonyl (C=O) groups is 3. The van der Waals surface area contributed by atoms with Crippen molar-refractivity contribution in [1.29, 1.82) is 0 Å². The molecule has 19 heavy (non-hydrogen) atoms. The molecule has 1 atom stereocenters. The van der Waals surface area contributed by atoms with Gasteiger partial charge in [0.25, 0.3) is 0 Å². The predicted octanol–water partition coefficient (Wildman–Crippen LogP) is 0.318. The lowest BCUT2D eigenvalue weighted by Crippen LogP contribution is -2.44. The molecule has 0 aromatic heterocycles. The zero-order chi connectivity index (χ0) is 14.4. The lowest BCUT2D eigenvalue weighted by Gasteiger charge is -2.14. The van der Waals surface area contributed by atoms with Crippen molar-refractivity contribution in [3.63, 3.8) is 0 Å². The molecule has 0 saturated carbocycles. The Bertz CT molecular complexity index is 503. The number of nitrogen functional groups attached to an aromatic ring is 1. The number of nitrogens with one attached hydrogen (secondary N) is 2. The second kappa shape index (κ2) is 6.24. The van der Waals surface area contributed by atoms with Gasteiger partial charge in [0.1, 0.15) is 6.04 Å². The molecule has 0 aliphatic heterocycles. The summed E-state index contributed by atoms with van der Waals surface area (Å²) in [5.74, 6) is -2.76. The van der Waals surface area contributed by atoms with Crippen LogP contribution in [0.2, 0.25) is 0 Å². The van der Waals surface area contributed by atoms with Crippen molar-refractivity contribution in [2.45, 2.75) is 12.5 Å². The van der Waals surface area contributed by atoms with E-state index in [0.29, 0.717) is 11.4 Å². The number of carboxylic acids is 2. The van der Waals surface area contributed by atoms with Gasteiger partial charge in [0.15, 0.2) is 0 Å². The molecule has 0 radical (unpaired) electrons. The van der Waals surface area contributed by atoms with E-state index in [9.17, 15) is 14.4 Å². The fourth-order valence-corrected chi connectivity index (χ4v) is 1.30. The number of rotatable bonds is 5. The zero-order valence-corrected chi connectivity index (χ0v) is 9.79. The van der Waals surface area contributed by atoms with Crippen LogP contribution in [0.4, 0.5) is 16.2 Å². The maximum Gasteiger partial charge on any atom is 0.326 e. The Morgan fingerprint density at radius 1 is 1.21 bits per heavy atom. The molecular formula is C11H13N3O5. The molecule has 0 aliphatic rings. The average Bonchev–Trinajstić information content (AvgIpc) is 2.30. The van der Waals surface area contributed by atoms with Gasteiger partial charge in [0.2, 0.25) is 0 Å². The van der Waals surface area contributed by atoms with Crippen LogP contribution in [0.5, 0.6) is 0 Å². The van der Waals surface area contributed by atoms with E-state index in [1.54, 1.807) is 18.2 Å². The topological polar surface area (TPSA) is 142 Å². The Hall–Kier alpha value is -2.77. The van der Waals surface area contributed by atoms with Crippen LogP contribution in [0.3, 0.4) is 0 Å². The molecule has 0 heterocycles. The second-order valence-electron chi connectivity index (χ2n) is 3.67. The molecular weight excluding hydrogens is 254 g/mol. The smallest absolute Gasteiger partial charge is 0.326 e. The summed E-state index contributed by atoms with van der Waals surface area (Å²) in [6.45, 7) is 0. The molecule has 6 N–H and O–H groups in total. The number of amides is 2. The highest BCUT2D eigenvalue weighted by Crippen LogP contribution is 2.16. The van der Waals surface area contributed by atoms with Gasteiger partial charge in [0, 0.05) is 0 Å². The molecule has 0 spiro atoms. The van der Waals surface area contributed by atoms with Gasteiger partial charge in [-0.05, 0) is 12.1 Å². The lowest BCUT2D eigenvalue weighted by atomic mass is 10.2. The minimum atomic E-state index is -1.51. The third-order valence-electron chi connectivity index (χ3n) is 2.19. The summed E-state index contributed by atoms with van der Waals surface area (Å²) in [5, 5.41) is 21.7. The zero-order valence-electron chi connectivity index (χ0n) is 9.79. The van der Waals surface area contributed by atoms with Crippen molar-refractivity contribution >= 4 is 29.3 Å². The molecule has 1 aromatic rings. The Kier molecular flexibility index (Phi) is 4.69. The van der Waals surface area contributed by atoms with Crippen molar-refractivity contribution in [2.75, 3.05) is 11.1 Å². The quantitative estimate of drug-likeness (QED) is 0.486. The number of hydrogen-bond donors (Lipinski definition) is 5. The van der Waals surface area contributed by atoms with E-state index in [4.69, 9.17) is 15.9 Å². The standard InChI is InChI=1S/C11H13N3O5/c12-6-3-1-2-4-7(6)13-11(19)14-8(10(17)18)5-9(15)16/h1-4,8H,5,12H2,(H,15,16)(H,17,18)(H2,13,14,19)/t8-/m0/s1. The van der Waals surface area contributed by atoms with Gasteiger partial charge in [-0.15, -0.1) is 0 Å². The molecule has 0 aliphatic carbocycles. The number of anilines is 2. The van der Waals surface area contributed by atoms with Gasteiger partial charge in [-0.3, -0.25) is 4.79 Å². The Morgan fingerprint density at radius 3 is 2.37 bits per heavy atom. The van der Waals surface area contributed by atoms with Crippen LogP contribution in [0.15, 0.2) is 24.3 Å². The summed E-state index contributed by atoms with van der Waals surface area (Å²) in [6, 6.07) is 4.04.